The van der Waals surface area contributed by atoms with E-state index in [-0.39, 0.29) is 19.2 Å². The van der Waals surface area contributed by atoms with Gasteiger partial charge in [0, 0.05) is 18.9 Å². The van der Waals surface area contributed by atoms with Crippen LogP contribution in [0.15, 0.2) is 18.5 Å². The summed E-state index contributed by atoms with van der Waals surface area (Å²) in [5, 5.41) is 28.1. The fourth-order valence-corrected chi connectivity index (χ4v) is 1.49. The van der Waals surface area contributed by atoms with Gasteiger partial charge in [-0.2, -0.15) is 20.1 Å². The van der Waals surface area contributed by atoms with Crippen molar-refractivity contribution >= 4 is 11.9 Å². The van der Waals surface area contributed by atoms with Gasteiger partial charge in [0.2, 0.25) is 11.9 Å². The van der Waals surface area contributed by atoms with Crippen molar-refractivity contribution in [2.45, 2.75) is 13.0 Å². The van der Waals surface area contributed by atoms with Gasteiger partial charge >= 0.3 is 0 Å². The molecule has 20 heavy (non-hydrogen) atoms. The molecule has 0 bridgehead atoms. The summed E-state index contributed by atoms with van der Waals surface area (Å²) in [4.78, 5) is 12.6. The molecule has 0 aliphatic heterocycles. The van der Waals surface area contributed by atoms with Crippen LogP contribution < -0.4 is 10.6 Å². The third kappa shape index (κ3) is 3.39. The number of aliphatic hydroxyl groups excluding tert-OH is 2. The molecule has 0 aliphatic carbocycles. The number of aliphatic hydroxyl groups is 2. The molecule has 108 valence electrons. The van der Waals surface area contributed by atoms with Gasteiger partial charge in [-0.3, -0.25) is 0 Å². The number of hydrogen-bond acceptors (Lipinski definition) is 8. The third-order valence-corrected chi connectivity index (χ3v) is 2.44. The van der Waals surface area contributed by atoms with Crippen LogP contribution in [0.2, 0.25) is 0 Å². The molecule has 0 fully saturated rings. The smallest absolute Gasteiger partial charge is 0.257 e. The van der Waals surface area contributed by atoms with E-state index in [1.165, 1.54) is 4.68 Å². The Morgan fingerprint density at radius 2 is 1.95 bits per heavy atom. The lowest BCUT2D eigenvalue weighted by Gasteiger charge is -2.14. The maximum absolute atomic E-state index is 9.09. The third-order valence-electron chi connectivity index (χ3n) is 2.44. The van der Waals surface area contributed by atoms with Crippen molar-refractivity contribution in [1.82, 2.24) is 24.7 Å². The molecule has 2 aromatic rings. The van der Waals surface area contributed by atoms with Crippen LogP contribution in [0, 0.1) is 0 Å². The Labute approximate surface area is 115 Å². The number of aromatic nitrogens is 5. The first-order valence-electron chi connectivity index (χ1n) is 6.25. The second-order valence-corrected chi connectivity index (χ2v) is 3.97. The normalized spacial score (nSPS) is 10.8. The van der Waals surface area contributed by atoms with E-state index in [1.807, 2.05) is 6.92 Å². The molecule has 2 aromatic heterocycles. The zero-order valence-electron chi connectivity index (χ0n) is 11.1. The van der Waals surface area contributed by atoms with Crippen LogP contribution in [0.3, 0.4) is 0 Å². The van der Waals surface area contributed by atoms with E-state index >= 15 is 0 Å². The highest BCUT2D eigenvalue weighted by molar-refractivity contribution is 5.38. The lowest BCUT2D eigenvalue weighted by Crippen LogP contribution is -2.29. The molecule has 0 saturated carbocycles. The highest BCUT2D eigenvalue weighted by atomic mass is 16.3. The molecule has 0 amide bonds. The molecule has 2 heterocycles. The molecule has 0 saturated heterocycles. The first-order chi connectivity index (χ1) is 9.76. The second-order valence-electron chi connectivity index (χ2n) is 3.97. The maximum Gasteiger partial charge on any atom is 0.257 e. The van der Waals surface area contributed by atoms with E-state index < -0.39 is 6.04 Å². The topological polar surface area (TPSA) is 121 Å². The summed E-state index contributed by atoms with van der Waals surface area (Å²) >= 11 is 0. The minimum absolute atomic E-state index is 0.226. The average Bonchev–Trinajstić information content (AvgIpc) is 2.99. The van der Waals surface area contributed by atoms with Crippen molar-refractivity contribution in [3.63, 3.8) is 0 Å². The predicted octanol–water partition coefficient (Wildman–Crippen LogP) is -0.746. The molecule has 0 atom stereocenters. The summed E-state index contributed by atoms with van der Waals surface area (Å²) in [6.07, 6.45) is 3.33. The predicted molar refractivity (Wildman–Crippen MR) is 72.7 cm³/mol. The Bertz CT molecular complexity index is 528. The number of nitrogens with zero attached hydrogens (tertiary/aromatic N) is 5. The number of anilines is 2. The van der Waals surface area contributed by atoms with Gasteiger partial charge in [0.05, 0.1) is 19.3 Å². The maximum atomic E-state index is 9.09. The van der Waals surface area contributed by atoms with E-state index in [1.54, 1.807) is 18.5 Å². The van der Waals surface area contributed by atoms with Gasteiger partial charge < -0.3 is 20.8 Å². The van der Waals surface area contributed by atoms with Gasteiger partial charge in [-0.1, -0.05) is 0 Å². The fourth-order valence-electron chi connectivity index (χ4n) is 1.49. The van der Waals surface area contributed by atoms with Crippen molar-refractivity contribution in [3.05, 3.63) is 18.5 Å². The van der Waals surface area contributed by atoms with Gasteiger partial charge in [0.15, 0.2) is 0 Å². The summed E-state index contributed by atoms with van der Waals surface area (Å²) in [5.74, 6) is 0.998. The van der Waals surface area contributed by atoms with Crippen molar-refractivity contribution in [2.75, 3.05) is 30.4 Å². The van der Waals surface area contributed by atoms with E-state index in [0.29, 0.717) is 18.4 Å². The number of rotatable bonds is 7. The summed E-state index contributed by atoms with van der Waals surface area (Å²) in [5.41, 5.74) is 0. The zero-order valence-corrected chi connectivity index (χ0v) is 11.1. The fraction of sp³-hybridized carbons (Fsp3) is 0.455. The van der Waals surface area contributed by atoms with E-state index in [4.69, 9.17) is 10.2 Å². The zero-order chi connectivity index (χ0) is 14.4. The molecule has 0 spiro atoms. The molecule has 0 aromatic carbocycles. The van der Waals surface area contributed by atoms with Crippen molar-refractivity contribution in [2.24, 2.45) is 0 Å². The summed E-state index contributed by atoms with van der Waals surface area (Å²) < 4.78 is 1.50. The molecular formula is C11H17N7O2. The molecular weight excluding hydrogens is 262 g/mol. The second kappa shape index (κ2) is 6.78. The molecule has 0 unspecified atom stereocenters. The average molecular weight is 279 g/mol. The largest absolute Gasteiger partial charge is 0.394 e. The minimum Gasteiger partial charge on any atom is -0.394 e. The van der Waals surface area contributed by atoms with Crippen molar-refractivity contribution in [3.8, 4) is 5.95 Å². The van der Waals surface area contributed by atoms with E-state index in [2.05, 4.69) is 30.7 Å². The quantitative estimate of drug-likeness (QED) is 0.522. The van der Waals surface area contributed by atoms with E-state index in [0.717, 1.165) is 0 Å². The van der Waals surface area contributed by atoms with Crippen LogP contribution in [0.1, 0.15) is 6.92 Å². The molecule has 2 rings (SSSR count). The molecule has 9 heteroatoms. The van der Waals surface area contributed by atoms with Crippen LogP contribution in [-0.2, 0) is 0 Å². The highest BCUT2D eigenvalue weighted by Crippen LogP contribution is 2.09. The van der Waals surface area contributed by atoms with Crippen LogP contribution in [0.5, 0.6) is 0 Å². The van der Waals surface area contributed by atoms with Gasteiger partial charge in [0.1, 0.15) is 0 Å². The SMILES string of the molecule is CCNc1nc(NC(CO)CO)nc(-n2cccn2)n1. The lowest BCUT2D eigenvalue weighted by molar-refractivity contribution is 0.203. The van der Waals surface area contributed by atoms with Crippen LogP contribution in [0.25, 0.3) is 5.95 Å². The van der Waals surface area contributed by atoms with Gasteiger partial charge in [-0.05, 0) is 13.0 Å². The molecule has 0 aliphatic rings. The Kier molecular flexibility index (Phi) is 4.80. The Morgan fingerprint density at radius 3 is 2.55 bits per heavy atom. The van der Waals surface area contributed by atoms with E-state index in [9.17, 15) is 0 Å². The summed E-state index contributed by atoms with van der Waals surface area (Å²) in [6.45, 7) is 2.13. The van der Waals surface area contributed by atoms with Crippen molar-refractivity contribution < 1.29 is 10.2 Å². The van der Waals surface area contributed by atoms with Gasteiger partial charge in [-0.15, -0.1) is 0 Å². The van der Waals surface area contributed by atoms with Gasteiger partial charge in [0.25, 0.3) is 5.95 Å². The molecule has 9 nitrogen and oxygen atoms in total. The van der Waals surface area contributed by atoms with Crippen LogP contribution in [0.4, 0.5) is 11.9 Å². The van der Waals surface area contributed by atoms with Gasteiger partial charge in [-0.25, -0.2) is 4.68 Å². The first-order valence-corrected chi connectivity index (χ1v) is 6.25. The molecule has 0 radical (unpaired) electrons. The monoisotopic (exact) mass is 279 g/mol. The number of nitrogens with one attached hydrogen (secondary N) is 2. The Hall–Kier alpha value is -2.26. The standard InChI is InChI=1S/C11H17N7O2/c1-2-12-9-15-10(14-8(6-19)7-20)17-11(16-9)18-5-3-4-13-18/h3-5,8,19-20H,2,6-7H2,1H3,(H2,12,14,15,16,17). The highest BCUT2D eigenvalue weighted by Gasteiger charge is 2.12. The Balaban J connectivity index is 2.31. The molecule has 4 N–H and O–H groups in total. The Morgan fingerprint density at radius 1 is 1.20 bits per heavy atom. The summed E-state index contributed by atoms with van der Waals surface area (Å²) in [6, 6.07) is 1.23. The van der Waals surface area contributed by atoms with Crippen LogP contribution in [-0.4, -0.2) is 60.7 Å². The number of hydrogen-bond donors (Lipinski definition) is 4. The van der Waals surface area contributed by atoms with Crippen LogP contribution >= 0.6 is 0 Å². The first kappa shape index (κ1) is 14.2. The summed E-state index contributed by atoms with van der Waals surface area (Å²) in [7, 11) is 0. The van der Waals surface area contributed by atoms with Crippen molar-refractivity contribution in [1.29, 1.82) is 0 Å². The lowest BCUT2D eigenvalue weighted by atomic mass is 10.3. The minimum atomic E-state index is -0.530.